The van der Waals surface area contributed by atoms with E-state index in [4.69, 9.17) is 10.5 Å². The summed E-state index contributed by atoms with van der Waals surface area (Å²) in [6, 6.07) is 8.21. The third-order valence-electron chi connectivity index (χ3n) is 3.72. The Morgan fingerprint density at radius 3 is 2.79 bits per heavy atom. The van der Waals surface area contributed by atoms with E-state index in [-0.39, 0.29) is 6.04 Å². The fraction of sp³-hybridized carbons (Fsp3) is 0.600. The fourth-order valence-corrected chi connectivity index (χ4v) is 3.57. The van der Waals surface area contributed by atoms with Gasteiger partial charge in [0.25, 0.3) is 0 Å². The molecular weight excluding hydrogens is 256 g/mol. The molecule has 2 unspecified atom stereocenters. The number of hydrogen-bond donors (Lipinski definition) is 1. The first-order chi connectivity index (χ1) is 9.26. The van der Waals surface area contributed by atoms with E-state index in [1.54, 1.807) is 0 Å². The molecule has 2 atom stereocenters. The third kappa shape index (κ3) is 3.65. The van der Waals surface area contributed by atoms with Crippen molar-refractivity contribution in [2.75, 3.05) is 32.0 Å². The summed E-state index contributed by atoms with van der Waals surface area (Å²) in [5.74, 6) is 2.07. The maximum atomic E-state index is 6.36. The second-order valence-corrected chi connectivity index (χ2v) is 6.16. The third-order valence-corrected chi connectivity index (χ3v) is 4.99. The summed E-state index contributed by atoms with van der Waals surface area (Å²) in [5.41, 5.74) is 7.51. The first kappa shape index (κ1) is 14.7. The van der Waals surface area contributed by atoms with E-state index in [1.807, 2.05) is 30.0 Å². The highest BCUT2D eigenvalue weighted by atomic mass is 32.2. The van der Waals surface area contributed by atoms with Gasteiger partial charge in [-0.15, -0.1) is 0 Å². The monoisotopic (exact) mass is 280 g/mol. The second kappa shape index (κ2) is 7.17. The summed E-state index contributed by atoms with van der Waals surface area (Å²) >= 11 is 1.94. The Kier molecular flexibility index (Phi) is 5.55. The van der Waals surface area contributed by atoms with Crippen molar-refractivity contribution in [3.63, 3.8) is 0 Å². The highest BCUT2D eigenvalue weighted by molar-refractivity contribution is 8.00. The molecule has 0 radical (unpaired) electrons. The quantitative estimate of drug-likeness (QED) is 0.869. The molecule has 1 aliphatic heterocycles. The van der Waals surface area contributed by atoms with E-state index in [0.29, 0.717) is 5.25 Å². The summed E-state index contributed by atoms with van der Waals surface area (Å²) in [4.78, 5) is 2.44. The summed E-state index contributed by atoms with van der Waals surface area (Å²) in [7, 11) is 0. The highest BCUT2D eigenvalue weighted by Crippen LogP contribution is 2.35. The SMILES string of the molecule is CCN(CC)CCSC1COc2ccccc2C1N. The molecular formula is C15H24N2OS. The maximum Gasteiger partial charge on any atom is 0.124 e. The number of benzene rings is 1. The number of thioether (sulfide) groups is 1. The van der Waals surface area contributed by atoms with Gasteiger partial charge >= 0.3 is 0 Å². The maximum absolute atomic E-state index is 6.36. The van der Waals surface area contributed by atoms with Crippen LogP contribution in [-0.4, -0.2) is 42.1 Å². The number of para-hydroxylation sites is 1. The Labute approximate surface area is 120 Å². The van der Waals surface area contributed by atoms with Crippen LogP contribution in [0.4, 0.5) is 0 Å². The van der Waals surface area contributed by atoms with Gasteiger partial charge in [0.05, 0.1) is 5.25 Å². The van der Waals surface area contributed by atoms with Crippen LogP contribution in [0, 0.1) is 0 Å². The lowest BCUT2D eigenvalue weighted by atomic mass is 10.0. The van der Waals surface area contributed by atoms with Crippen LogP contribution in [-0.2, 0) is 0 Å². The van der Waals surface area contributed by atoms with Crippen molar-refractivity contribution in [3.8, 4) is 5.75 Å². The molecule has 0 aromatic heterocycles. The first-order valence-corrected chi connectivity index (χ1v) is 8.12. The van der Waals surface area contributed by atoms with Crippen molar-refractivity contribution < 1.29 is 4.74 Å². The van der Waals surface area contributed by atoms with E-state index < -0.39 is 0 Å². The van der Waals surface area contributed by atoms with Crippen molar-refractivity contribution in [2.45, 2.75) is 25.1 Å². The molecule has 2 N–H and O–H groups in total. The van der Waals surface area contributed by atoms with Gasteiger partial charge in [0, 0.05) is 23.9 Å². The smallest absolute Gasteiger partial charge is 0.124 e. The number of ether oxygens (including phenoxy) is 1. The van der Waals surface area contributed by atoms with E-state index in [0.717, 1.165) is 43.3 Å². The van der Waals surface area contributed by atoms with Crippen LogP contribution >= 0.6 is 11.8 Å². The van der Waals surface area contributed by atoms with E-state index in [9.17, 15) is 0 Å². The molecule has 1 aliphatic rings. The van der Waals surface area contributed by atoms with Crippen LogP contribution in [0.1, 0.15) is 25.5 Å². The zero-order chi connectivity index (χ0) is 13.7. The largest absolute Gasteiger partial charge is 0.492 e. The molecule has 106 valence electrons. The van der Waals surface area contributed by atoms with Crippen molar-refractivity contribution in [3.05, 3.63) is 29.8 Å². The Balaban J connectivity index is 1.86. The lowest BCUT2D eigenvalue weighted by molar-refractivity contribution is 0.275. The number of fused-ring (bicyclic) bond motifs is 1. The van der Waals surface area contributed by atoms with Gasteiger partial charge in [-0.1, -0.05) is 32.0 Å². The fourth-order valence-electron chi connectivity index (χ4n) is 2.39. The predicted octanol–water partition coefficient (Wildman–Crippen LogP) is 2.52. The van der Waals surface area contributed by atoms with Gasteiger partial charge in [0.1, 0.15) is 12.4 Å². The Bertz CT molecular complexity index is 395. The zero-order valence-electron chi connectivity index (χ0n) is 11.8. The van der Waals surface area contributed by atoms with Crippen molar-refractivity contribution >= 4 is 11.8 Å². The van der Waals surface area contributed by atoms with E-state index >= 15 is 0 Å². The zero-order valence-corrected chi connectivity index (χ0v) is 12.7. The van der Waals surface area contributed by atoms with E-state index in [1.165, 1.54) is 0 Å². The normalized spacial score (nSPS) is 22.1. The minimum Gasteiger partial charge on any atom is -0.492 e. The summed E-state index contributed by atoms with van der Waals surface area (Å²) in [6.45, 7) is 8.50. The number of hydrogen-bond acceptors (Lipinski definition) is 4. The van der Waals surface area contributed by atoms with Crippen molar-refractivity contribution in [1.82, 2.24) is 4.90 Å². The average molecular weight is 280 g/mol. The summed E-state index contributed by atoms with van der Waals surface area (Å²) in [5, 5.41) is 0.366. The number of nitrogens with zero attached hydrogens (tertiary/aromatic N) is 1. The first-order valence-electron chi connectivity index (χ1n) is 7.07. The molecule has 19 heavy (non-hydrogen) atoms. The van der Waals surface area contributed by atoms with Gasteiger partial charge < -0.3 is 15.4 Å². The van der Waals surface area contributed by atoms with Crippen LogP contribution in [0.3, 0.4) is 0 Å². The van der Waals surface area contributed by atoms with Crippen LogP contribution in [0.25, 0.3) is 0 Å². The lowest BCUT2D eigenvalue weighted by Gasteiger charge is -2.31. The predicted molar refractivity (Wildman–Crippen MR) is 82.9 cm³/mol. The Morgan fingerprint density at radius 1 is 1.32 bits per heavy atom. The molecule has 1 heterocycles. The van der Waals surface area contributed by atoms with Crippen LogP contribution in [0.2, 0.25) is 0 Å². The standard InChI is InChI=1S/C15H24N2OS/c1-3-17(4-2)9-10-19-14-11-18-13-8-6-5-7-12(13)15(14)16/h5-8,14-15H,3-4,9-11,16H2,1-2H3. The minimum atomic E-state index is 0.0895. The molecule has 0 fully saturated rings. The van der Waals surface area contributed by atoms with Gasteiger partial charge in [0.15, 0.2) is 0 Å². The summed E-state index contributed by atoms with van der Waals surface area (Å²) in [6.07, 6.45) is 0. The van der Waals surface area contributed by atoms with Crippen molar-refractivity contribution in [1.29, 1.82) is 0 Å². The molecule has 3 nitrogen and oxygen atoms in total. The molecule has 0 amide bonds. The molecule has 0 saturated carbocycles. The van der Waals surface area contributed by atoms with Gasteiger partial charge in [-0.25, -0.2) is 0 Å². The number of rotatable bonds is 6. The molecule has 1 aromatic carbocycles. The van der Waals surface area contributed by atoms with Gasteiger partial charge in [-0.3, -0.25) is 0 Å². The molecule has 0 saturated heterocycles. The highest BCUT2D eigenvalue weighted by Gasteiger charge is 2.27. The molecule has 0 aliphatic carbocycles. The second-order valence-electron chi connectivity index (χ2n) is 4.81. The van der Waals surface area contributed by atoms with Gasteiger partial charge in [-0.2, -0.15) is 11.8 Å². The average Bonchev–Trinajstić information content (AvgIpc) is 2.46. The van der Waals surface area contributed by atoms with Crippen LogP contribution in [0.5, 0.6) is 5.75 Å². The molecule has 0 bridgehead atoms. The van der Waals surface area contributed by atoms with Crippen LogP contribution in [0.15, 0.2) is 24.3 Å². The molecule has 0 spiro atoms. The van der Waals surface area contributed by atoms with Crippen LogP contribution < -0.4 is 10.5 Å². The van der Waals surface area contributed by atoms with Gasteiger partial charge in [-0.05, 0) is 19.2 Å². The lowest BCUT2D eigenvalue weighted by Crippen LogP contribution is -2.35. The van der Waals surface area contributed by atoms with Crippen molar-refractivity contribution in [2.24, 2.45) is 5.73 Å². The molecule has 4 heteroatoms. The van der Waals surface area contributed by atoms with Gasteiger partial charge in [0.2, 0.25) is 0 Å². The Morgan fingerprint density at radius 2 is 2.05 bits per heavy atom. The number of nitrogens with two attached hydrogens (primary N) is 1. The Hall–Kier alpha value is -0.710. The molecule has 2 rings (SSSR count). The van der Waals surface area contributed by atoms with E-state index in [2.05, 4.69) is 24.8 Å². The summed E-state index contributed by atoms with van der Waals surface area (Å²) < 4.78 is 5.80. The minimum absolute atomic E-state index is 0.0895. The molecule has 1 aromatic rings. The topological polar surface area (TPSA) is 38.5 Å².